The first-order valence-corrected chi connectivity index (χ1v) is 9.95. The monoisotopic (exact) mass is 267 g/mol. The second-order valence-corrected chi connectivity index (χ2v) is 11.4. The highest BCUT2D eigenvalue weighted by molar-refractivity contribution is 6.74. The van der Waals surface area contributed by atoms with Gasteiger partial charge in [0, 0.05) is 19.7 Å². The van der Waals surface area contributed by atoms with Crippen molar-refractivity contribution in [3.63, 3.8) is 0 Å². The van der Waals surface area contributed by atoms with Gasteiger partial charge >= 0.3 is 0 Å². The van der Waals surface area contributed by atoms with Gasteiger partial charge in [-0.15, -0.1) is 0 Å². The Balaban J connectivity index is 2.12. The summed E-state index contributed by atoms with van der Waals surface area (Å²) in [5.41, 5.74) is 0. The predicted molar refractivity (Wildman–Crippen MR) is 82.2 cm³/mol. The van der Waals surface area contributed by atoms with Gasteiger partial charge in [0.15, 0.2) is 8.32 Å². The van der Waals surface area contributed by atoms with Gasteiger partial charge in [-0.05, 0) is 43.2 Å². The second-order valence-electron chi connectivity index (χ2n) is 6.58. The van der Waals surface area contributed by atoms with Crippen molar-refractivity contribution < 1.29 is 4.43 Å². The van der Waals surface area contributed by atoms with Gasteiger partial charge in [0.05, 0.1) is 0 Å². The van der Waals surface area contributed by atoms with Crippen molar-refractivity contribution in [2.75, 3.05) is 19.7 Å². The molecule has 1 aliphatic rings. The van der Waals surface area contributed by atoms with E-state index >= 15 is 0 Å². The third kappa shape index (κ3) is 4.98. The van der Waals surface area contributed by atoms with Crippen LogP contribution < -0.4 is 0 Å². The van der Waals surface area contributed by atoms with Crippen LogP contribution in [-0.2, 0) is 4.43 Å². The molecule has 0 bridgehead atoms. The normalized spacial score (nSPS) is 16.4. The Hall–Kier alpha value is -0.543. The molecule has 0 atom stereocenters. The number of rotatable bonds is 6. The fourth-order valence-corrected chi connectivity index (χ4v) is 2.72. The molecule has 104 valence electrons. The van der Waals surface area contributed by atoms with Crippen LogP contribution >= 0.6 is 0 Å². The summed E-state index contributed by atoms with van der Waals surface area (Å²) in [6.45, 7) is 14.7. The quantitative estimate of drug-likeness (QED) is 0.529. The summed E-state index contributed by atoms with van der Waals surface area (Å²) in [6.07, 6.45) is 11.0. The highest BCUT2D eigenvalue weighted by Crippen LogP contribution is 2.36. The topological polar surface area (TPSA) is 12.5 Å². The minimum absolute atomic E-state index is 0.327. The largest absolute Gasteiger partial charge is 0.417 e. The van der Waals surface area contributed by atoms with Crippen molar-refractivity contribution >= 4 is 8.32 Å². The van der Waals surface area contributed by atoms with Gasteiger partial charge in [0.2, 0.25) is 0 Å². The summed E-state index contributed by atoms with van der Waals surface area (Å²) in [5.74, 6) is 0. The number of unbranched alkanes of at least 4 members (excludes halogenated alkanes) is 1. The number of hydrogen-bond donors (Lipinski definition) is 0. The van der Waals surface area contributed by atoms with Crippen molar-refractivity contribution in [3.05, 3.63) is 24.4 Å². The van der Waals surface area contributed by atoms with E-state index in [4.69, 9.17) is 4.43 Å². The fraction of sp³-hybridized carbons (Fsp3) is 0.733. The van der Waals surface area contributed by atoms with Gasteiger partial charge in [-0.3, -0.25) is 0 Å². The van der Waals surface area contributed by atoms with Crippen LogP contribution in [0.5, 0.6) is 0 Å². The highest BCUT2D eigenvalue weighted by Gasteiger charge is 2.36. The van der Waals surface area contributed by atoms with Gasteiger partial charge in [-0.25, -0.2) is 0 Å². The number of nitrogens with zero attached hydrogens (tertiary/aromatic N) is 1. The first-order chi connectivity index (χ1) is 8.33. The molecule has 3 heteroatoms. The standard InChI is InChI=1S/C15H29NOSi/c1-15(2,3)18(4,5)17-14-10-9-13-16-11-7-6-8-12-16/h6-8,11H,9-10,12-14H2,1-5H3. The lowest BCUT2D eigenvalue weighted by Crippen LogP contribution is -2.41. The lowest BCUT2D eigenvalue weighted by atomic mass is 10.2. The van der Waals surface area contributed by atoms with Crippen LogP contribution in [0.1, 0.15) is 33.6 Å². The molecule has 1 heterocycles. The second kappa shape index (κ2) is 6.57. The molecule has 0 aliphatic carbocycles. The molecule has 0 radical (unpaired) electrons. The minimum atomic E-state index is -1.53. The minimum Gasteiger partial charge on any atom is -0.417 e. The zero-order chi connectivity index (χ0) is 13.6. The van der Waals surface area contributed by atoms with E-state index in [1.807, 2.05) is 0 Å². The van der Waals surface area contributed by atoms with E-state index < -0.39 is 8.32 Å². The van der Waals surface area contributed by atoms with E-state index in [1.165, 1.54) is 12.8 Å². The Bertz CT molecular complexity index is 302. The molecule has 0 N–H and O–H groups in total. The predicted octanol–water partition coefficient (Wildman–Crippen LogP) is 4.17. The summed E-state index contributed by atoms with van der Waals surface area (Å²) >= 11 is 0. The van der Waals surface area contributed by atoms with Gasteiger partial charge < -0.3 is 9.33 Å². The van der Waals surface area contributed by atoms with Crippen LogP contribution in [0.3, 0.4) is 0 Å². The third-order valence-electron chi connectivity index (χ3n) is 3.99. The lowest BCUT2D eigenvalue weighted by molar-refractivity contribution is 0.270. The van der Waals surface area contributed by atoms with E-state index in [0.29, 0.717) is 5.04 Å². The molecule has 0 spiro atoms. The molecular formula is C15H29NOSi. The van der Waals surface area contributed by atoms with Crippen molar-refractivity contribution in [1.29, 1.82) is 0 Å². The van der Waals surface area contributed by atoms with Gasteiger partial charge in [0.25, 0.3) is 0 Å². The van der Waals surface area contributed by atoms with Crippen molar-refractivity contribution in [3.8, 4) is 0 Å². The molecule has 0 saturated carbocycles. The van der Waals surface area contributed by atoms with Gasteiger partial charge in [-0.2, -0.15) is 0 Å². The smallest absolute Gasteiger partial charge is 0.191 e. The zero-order valence-corrected chi connectivity index (χ0v) is 13.7. The molecule has 0 amide bonds. The Morgan fingerprint density at radius 3 is 2.44 bits per heavy atom. The van der Waals surface area contributed by atoms with Gasteiger partial charge in [-0.1, -0.05) is 32.9 Å². The first-order valence-electron chi connectivity index (χ1n) is 7.04. The van der Waals surface area contributed by atoms with Crippen molar-refractivity contribution in [2.45, 2.75) is 51.7 Å². The fourth-order valence-electron chi connectivity index (χ4n) is 1.63. The average Bonchev–Trinajstić information content (AvgIpc) is 2.28. The van der Waals surface area contributed by atoms with Crippen LogP contribution in [0.25, 0.3) is 0 Å². The summed E-state index contributed by atoms with van der Waals surface area (Å²) in [7, 11) is -1.53. The van der Waals surface area contributed by atoms with Crippen LogP contribution in [0, 0.1) is 0 Å². The van der Waals surface area contributed by atoms with Gasteiger partial charge in [0.1, 0.15) is 0 Å². The molecule has 1 aliphatic heterocycles. The molecule has 0 saturated heterocycles. The Morgan fingerprint density at radius 2 is 1.89 bits per heavy atom. The van der Waals surface area contributed by atoms with E-state index in [9.17, 15) is 0 Å². The van der Waals surface area contributed by atoms with Crippen LogP contribution in [-0.4, -0.2) is 32.9 Å². The number of allylic oxidation sites excluding steroid dienone is 2. The van der Waals surface area contributed by atoms with Crippen LogP contribution in [0.4, 0.5) is 0 Å². The lowest BCUT2D eigenvalue weighted by Gasteiger charge is -2.36. The summed E-state index contributed by atoms with van der Waals surface area (Å²) in [5, 5.41) is 0.327. The van der Waals surface area contributed by atoms with E-state index in [2.05, 4.69) is 63.2 Å². The highest BCUT2D eigenvalue weighted by atomic mass is 28.4. The maximum absolute atomic E-state index is 6.17. The van der Waals surface area contributed by atoms with E-state index in [0.717, 1.165) is 19.7 Å². The molecule has 0 fully saturated rings. The molecule has 0 aromatic heterocycles. The molecule has 0 aromatic carbocycles. The first kappa shape index (κ1) is 15.5. The Kier molecular flexibility index (Phi) is 5.67. The summed E-state index contributed by atoms with van der Waals surface area (Å²) in [4.78, 5) is 2.35. The molecule has 18 heavy (non-hydrogen) atoms. The van der Waals surface area contributed by atoms with Crippen molar-refractivity contribution in [2.24, 2.45) is 0 Å². The molecule has 0 unspecified atom stereocenters. The Labute approximate surface area is 114 Å². The molecule has 0 aromatic rings. The summed E-state index contributed by atoms with van der Waals surface area (Å²) in [6, 6.07) is 0. The SMILES string of the molecule is CC(C)(C)[Si](C)(C)OCCCCN1C=CC=CC1. The maximum Gasteiger partial charge on any atom is 0.191 e. The number of hydrogen-bond acceptors (Lipinski definition) is 2. The summed E-state index contributed by atoms with van der Waals surface area (Å²) < 4.78 is 6.17. The van der Waals surface area contributed by atoms with E-state index in [-0.39, 0.29) is 0 Å². The maximum atomic E-state index is 6.17. The molecule has 2 nitrogen and oxygen atoms in total. The van der Waals surface area contributed by atoms with E-state index in [1.54, 1.807) is 0 Å². The van der Waals surface area contributed by atoms with Crippen molar-refractivity contribution in [1.82, 2.24) is 4.90 Å². The molecule has 1 rings (SSSR count). The van der Waals surface area contributed by atoms with Crippen LogP contribution in [0.15, 0.2) is 24.4 Å². The molecular weight excluding hydrogens is 238 g/mol. The average molecular weight is 267 g/mol. The third-order valence-corrected chi connectivity index (χ3v) is 8.53. The zero-order valence-electron chi connectivity index (χ0n) is 12.7. The van der Waals surface area contributed by atoms with Crippen LogP contribution in [0.2, 0.25) is 18.1 Å². The Morgan fingerprint density at radius 1 is 1.17 bits per heavy atom.